The van der Waals surface area contributed by atoms with E-state index in [1.807, 2.05) is 0 Å². The number of urea groups is 1. The van der Waals surface area contributed by atoms with Gasteiger partial charge in [-0.05, 0) is 54.8 Å². The number of hydrogen-bond donors (Lipinski definition) is 2. The molecule has 2 aromatic carbocycles. The Labute approximate surface area is 180 Å². The summed E-state index contributed by atoms with van der Waals surface area (Å²) in [4.78, 5) is 37.9. The van der Waals surface area contributed by atoms with Gasteiger partial charge in [-0.2, -0.15) is 0 Å². The molecule has 0 aromatic heterocycles. The van der Waals surface area contributed by atoms with Crippen LogP contribution in [0.5, 0.6) is 0 Å². The number of nitrogens with one attached hydrogen (secondary N) is 1. The zero-order valence-electron chi connectivity index (χ0n) is 17.2. The van der Waals surface area contributed by atoms with Crippen LogP contribution in [0.15, 0.2) is 48.5 Å². The van der Waals surface area contributed by atoms with E-state index < -0.39 is 12.0 Å². The maximum Gasteiger partial charge on any atom is 0.338 e. The second-order valence-corrected chi connectivity index (χ2v) is 7.58. The topological polar surface area (TPSA) is 102 Å². The van der Waals surface area contributed by atoms with E-state index in [0.29, 0.717) is 12.2 Å². The third-order valence-electron chi connectivity index (χ3n) is 5.32. The van der Waals surface area contributed by atoms with Crippen LogP contribution in [0.25, 0.3) is 0 Å². The predicted molar refractivity (Wildman–Crippen MR) is 114 cm³/mol. The number of carbonyl (C=O) groups is 3. The first-order valence-electron chi connectivity index (χ1n) is 10.3. The highest BCUT2D eigenvalue weighted by molar-refractivity contribution is 5.93. The lowest BCUT2D eigenvalue weighted by Crippen LogP contribution is -2.43. The fourth-order valence-electron chi connectivity index (χ4n) is 3.73. The number of amides is 3. The molecule has 31 heavy (non-hydrogen) atoms. The Kier molecular flexibility index (Phi) is 7.59. The SMILES string of the molecule is NC(=O)Nc1ccc(C(=O)OCC(=O)N(Cc2ccc(F)cc2)C2CCCCC2)cc1. The van der Waals surface area contributed by atoms with Gasteiger partial charge in [0.2, 0.25) is 0 Å². The fourth-order valence-corrected chi connectivity index (χ4v) is 3.73. The smallest absolute Gasteiger partial charge is 0.338 e. The lowest BCUT2D eigenvalue weighted by atomic mass is 9.93. The molecule has 0 heterocycles. The largest absolute Gasteiger partial charge is 0.452 e. The summed E-state index contributed by atoms with van der Waals surface area (Å²) in [6.07, 6.45) is 5.03. The van der Waals surface area contributed by atoms with Gasteiger partial charge in [0.1, 0.15) is 5.82 Å². The van der Waals surface area contributed by atoms with Crippen LogP contribution in [-0.2, 0) is 16.1 Å². The van der Waals surface area contributed by atoms with Crippen LogP contribution in [0.3, 0.4) is 0 Å². The normalized spacial score (nSPS) is 14.0. The quantitative estimate of drug-likeness (QED) is 0.656. The summed E-state index contributed by atoms with van der Waals surface area (Å²) >= 11 is 0. The van der Waals surface area contributed by atoms with Crippen molar-refractivity contribution in [1.82, 2.24) is 4.90 Å². The van der Waals surface area contributed by atoms with Gasteiger partial charge in [-0.15, -0.1) is 0 Å². The van der Waals surface area contributed by atoms with Crippen molar-refractivity contribution in [2.75, 3.05) is 11.9 Å². The van der Waals surface area contributed by atoms with Crippen LogP contribution in [0.1, 0.15) is 48.0 Å². The van der Waals surface area contributed by atoms with E-state index in [0.717, 1.165) is 37.7 Å². The van der Waals surface area contributed by atoms with Crippen LogP contribution >= 0.6 is 0 Å². The van der Waals surface area contributed by atoms with Crippen molar-refractivity contribution in [3.63, 3.8) is 0 Å². The Hall–Kier alpha value is -3.42. The third kappa shape index (κ3) is 6.53. The van der Waals surface area contributed by atoms with E-state index in [1.165, 1.54) is 36.4 Å². The number of anilines is 1. The minimum Gasteiger partial charge on any atom is -0.452 e. The highest BCUT2D eigenvalue weighted by atomic mass is 19.1. The van der Waals surface area contributed by atoms with Crippen molar-refractivity contribution in [3.8, 4) is 0 Å². The molecule has 0 spiro atoms. The van der Waals surface area contributed by atoms with Gasteiger partial charge in [-0.3, -0.25) is 4.79 Å². The molecule has 0 unspecified atom stereocenters. The lowest BCUT2D eigenvalue weighted by Gasteiger charge is -2.34. The van der Waals surface area contributed by atoms with Crippen molar-refractivity contribution in [1.29, 1.82) is 0 Å². The number of esters is 1. The van der Waals surface area contributed by atoms with Crippen LogP contribution < -0.4 is 11.1 Å². The summed E-state index contributed by atoms with van der Waals surface area (Å²) in [5.41, 5.74) is 6.58. The minimum absolute atomic E-state index is 0.0733. The van der Waals surface area contributed by atoms with Gasteiger partial charge in [0, 0.05) is 18.3 Å². The molecule has 0 bridgehead atoms. The number of nitrogens with zero attached hydrogens (tertiary/aromatic N) is 1. The molecule has 1 saturated carbocycles. The summed E-state index contributed by atoms with van der Waals surface area (Å²) < 4.78 is 18.5. The molecule has 1 fully saturated rings. The van der Waals surface area contributed by atoms with Crippen molar-refractivity contribution in [3.05, 3.63) is 65.5 Å². The Morgan fingerprint density at radius 2 is 1.65 bits per heavy atom. The van der Waals surface area contributed by atoms with E-state index in [9.17, 15) is 18.8 Å². The summed E-state index contributed by atoms with van der Waals surface area (Å²) in [5, 5.41) is 2.40. The molecule has 7 nitrogen and oxygen atoms in total. The van der Waals surface area contributed by atoms with Gasteiger partial charge in [0.05, 0.1) is 5.56 Å². The lowest BCUT2D eigenvalue weighted by molar-refractivity contribution is -0.138. The van der Waals surface area contributed by atoms with Crippen molar-refractivity contribution >= 4 is 23.6 Å². The van der Waals surface area contributed by atoms with Gasteiger partial charge in [0.25, 0.3) is 5.91 Å². The Morgan fingerprint density at radius 3 is 2.26 bits per heavy atom. The van der Waals surface area contributed by atoms with E-state index >= 15 is 0 Å². The molecular weight excluding hydrogens is 401 g/mol. The molecule has 1 aliphatic carbocycles. The van der Waals surface area contributed by atoms with E-state index in [2.05, 4.69) is 5.32 Å². The first kappa shape index (κ1) is 22.3. The number of ether oxygens (including phenoxy) is 1. The Balaban J connectivity index is 1.62. The van der Waals surface area contributed by atoms with E-state index in [-0.39, 0.29) is 29.9 Å². The molecule has 1 aliphatic rings. The number of primary amides is 1. The summed E-state index contributed by atoms with van der Waals surface area (Å²) in [7, 11) is 0. The highest BCUT2D eigenvalue weighted by Crippen LogP contribution is 2.24. The zero-order chi connectivity index (χ0) is 22.2. The van der Waals surface area contributed by atoms with Gasteiger partial charge < -0.3 is 20.7 Å². The van der Waals surface area contributed by atoms with E-state index in [4.69, 9.17) is 10.5 Å². The molecule has 0 atom stereocenters. The number of benzene rings is 2. The first-order chi connectivity index (χ1) is 14.9. The maximum atomic E-state index is 13.2. The molecule has 164 valence electrons. The highest BCUT2D eigenvalue weighted by Gasteiger charge is 2.26. The molecule has 0 radical (unpaired) electrons. The van der Waals surface area contributed by atoms with Gasteiger partial charge in [-0.25, -0.2) is 14.0 Å². The number of hydrogen-bond acceptors (Lipinski definition) is 4. The maximum absolute atomic E-state index is 13.2. The van der Waals surface area contributed by atoms with Crippen LogP contribution in [0.2, 0.25) is 0 Å². The molecule has 0 saturated heterocycles. The van der Waals surface area contributed by atoms with Crippen molar-refractivity contribution in [2.24, 2.45) is 5.73 Å². The molecule has 2 aromatic rings. The molecule has 3 rings (SSSR count). The van der Waals surface area contributed by atoms with Gasteiger partial charge in [-0.1, -0.05) is 31.4 Å². The molecular formula is C23H26FN3O4. The second kappa shape index (κ2) is 10.6. The number of halogens is 1. The van der Waals surface area contributed by atoms with E-state index in [1.54, 1.807) is 17.0 Å². The standard InChI is InChI=1S/C23H26FN3O4/c24-18-10-6-16(7-11-18)14-27(20-4-2-1-3-5-20)21(28)15-31-22(29)17-8-12-19(13-9-17)26-23(25)30/h6-13,20H,1-5,14-15H2,(H3,25,26,30). The summed E-state index contributed by atoms with van der Waals surface area (Å²) in [5.74, 6) is -1.24. The minimum atomic E-state index is -0.704. The van der Waals surface area contributed by atoms with Gasteiger partial charge in [0.15, 0.2) is 6.61 Å². The number of nitrogens with two attached hydrogens (primary N) is 1. The van der Waals surface area contributed by atoms with Crippen LogP contribution in [0.4, 0.5) is 14.9 Å². The van der Waals surface area contributed by atoms with Gasteiger partial charge >= 0.3 is 12.0 Å². The molecule has 0 aliphatic heterocycles. The molecule has 8 heteroatoms. The van der Waals surface area contributed by atoms with Crippen molar-refractivity contribution in [2.45, 2.75) is 44.7 Å². The Bertz CT molecular complexity index is 909. The molecule has 3 N–H and O–H groups in total. The number of carbonyl (C=O) groups excluding carboxylic acids is 3. The predicted octanol–water partition coefficient (Wildman–Crippen LogP) is 3.83. The average molecular weight is 427 g/mol. The second-order valence-electron chi connectivity index (χ2n) is 7.58. The average Bonchev–Trinajstić information content (AvgIpc) is 2.77. The zero-order valence-corrected chi connectivity index (χ0v) is 17.2. The van der Waals surface area contributed by atoms with Crippen LogP contribution in [-0.4, -0.2) is 35.5 Å². The van der Waals surface area contributed by atoms with Crippen molar-refractivity contribution < 1.29 is 23.5 Å². The Morgan fingerprint density at radius 1 is 1.00 bits per heavy atom. The monoisotopic (exact) mass is 427 g/mol. The first-order valence-corrected chi connectivity index (χ1v) is 10.3. The third-order valence-corrected chi connectivity index (χ3v) is 5.32. The molecule has 3 amide bonds. The summed E-state index contributed by atoms with van der Waals surface area (Å²) in [6, 6.07) is 11.4. The summed E-state index contributed by atoms with van der Waals surface area (Å²) in [6.45, 7) is -0.0351. The van der Waals surface area contributed by atoms with Crippen LogP contribution in [0, 0.1) is 5.82 Å². The number of rotatable bonds is 7. The fraction of sp³-hybridized carbons (Fsp3) is 0.348.